The smallest absolute Gasteiger partial charge is 0.188 e. The maximum Gasteiger partial charge on any atom is 0.188 e. The summed E-state index contributed by atoms with van der Waals surface area (Å²) in [6.45, 7) is 8.70. The summed E-state index contributed by atoms with van der Waals surface area (Å²) < 4.78 is 29.1. The fourth-order valence-electron chi connectivity index (χ4n) is 4.57. The van der Waals surface area contributed by atoms with Gasteiger partial charge < -0.3 is 4.90 Å². The molecule has 4 nitrogen and oxygen atoms in total. The molecule has 8 heteroatoms. The highest BCUT2D eigenvalue weighted by atomic mass is 35.5. The fourth-order valence-corrected chi connectivity index (χ4v) is 5.81. The van der Waals surface area contributed by atoms with Crippen LogP contribution in [0, 0.1) is 11.7 Å². The molecule has 4 heterocycles. The molecule has 32 heavy (non-hydrogen) atoms. The van der Waals surface area contributed by atoms with Gasteiger partial charge in [0, 0.05) is 34.6 Å². The summed E-state index contributed by atoms with van der Waals surface area (Å²) in [5, 5.41) is 6.88. The molecule has 4 atom stereocenters. The van der Waals surface area contributed by atoms with Gasteiger partial charge in [-0.2, -0.15) is 5.10 Å². The van der Waals surface area contributed by atoms with Crippen LogP contribution in [0.5, 0.6) is 0 Å². The van der Waals surface area contributed by atoms with E-state index in [1.807, 2.05) is 17.6 Å². The van der Waals surface area contributed by atoms with Gasteiger partial charge in [-0.3, -0.25) is 4.99 Å². The predicted molar refractivity (Wildman–Crippen MR) is 127 cm³/mol. The minimum Gasteiger partial charge on any atom is -0.332 e. The Balaban J connectivity index is 1.71. The predicted octanol–water partition coefficient (Wildman–Crippen LogP) is 6.56. The highest BCUT2D eigenvalue weighted by Gasteiger charge is 2.41. The second-order valence-electron chi connectivity index (χ2n) is 8.48. The SMILES string of the molecule is C=C1C=CSC1C1=N[C@@H](c2ccc(F)cc2Cl)C(c2ccn(C(C)F)n2)=C2C[C@H](C)CN12. The van der Waals surface area contributed by atoms with Crippen molar-refractivity contribution in [1.29, 1.82) is 0 Å². The zero-order chi connectivity index (χ0) is 22.6. The summed E-state index contributed by atoms with van der Waals surface area (Å²) in [7, 11) is 0. The topological polar surface area (TPSA) is 33.4 Å². The molecule has 1 saturated heterocycles. The van der Waals surface area contributed by atoms with Crippen molar-refractivity contribution in [2.75, 3.05) is 6.54 Å². The Labute approximate surface area is 195 Å². The molecule has 1 aromatic heterocycles. The zero-order valence-corrected chi connectivity index (χ0v) is 19.4. The number of aliphatic imine (C=N–C) groups is 1. The van der Waals surface area contributed by atoms with Gasteiger partial charge in [-0.25, -0.2) is 13.5 Å². The normalized spacial score (nSPS) is 26.0. The first kappa shape index (κ1) is 21.5. The van der Waals surface area contributed by atoms with E-state index in [2.05, 4.69) is 23.5 Å². The number of hydrogen-bond donors (Lipinski definition) is 0. The lowest BCUT2D eigenvalue weighted by Gasteiger charge is -2.35. The number of halogens is 3. The highest BCUT2D eigenvalue weighted by Crippen LogP contribution is 2.48. The number of nitrogens with zero attached hydrogens (tertiary/aromatic N) is 4. The lowest BCUT2D eigenvalue weighted by molar-refractivity contribution is 0.245. The van der Waals surface area contributed by atoms with E-state index in [1.54, 1.807) is 24.0 Å². The number of allylic oxidation sites excluding steroid dienone is 2. The largest absolute Gasteiger partial charge is 0.332 e. The van der Waals surface area contributed by atoms with Crippen LogP contribution in [0.1, 0.15) is 43.9 Å². The van der Waals surface area contributed by atoms with Crippen LogP contribution in [0.15, 0.2) is 64.8 Å². The van der Waals surface area contributed by atoms with Crippen molar-refractivity contribution >= 4 is 34.8 Å². The van der Waals surface area contributed by atoms with Crippen LogP contribution in [0.4, 0.5) is 8.78 Å². The number of aromatic nitrogens is 2. The van der Waals surface area contributed by atoms with Gasteiger partial charge in [-0.05, 0) is 48.4 Å². The molecule has 0 spiro atoms. The van der Waals surface area contributed by atoms with E-state index in [0.717, 1.165) is 35.6 Å². The van der Waals surface area contributed by atoms with Gasteiger partial charge in [-0.15, -0.1) is 11.8 Å². The van der Waals surface area contributed by atoms with Gasteiger partial charge in [0.05, 0.1) is 10.9 Å². The molecule has 0 saturated carbocycles. The van der Waals surface area contributed by atoms with Crippen LogP contribution in [-0.2, 0) is 0 Å². The molecule has 3 aliphatic heterocycles. The first-order chi connectivity index (χ1) is 15.3. The first-order valence-electron chi connectivity index (χ1n) is 10.6. The Morgan fingerprint density at radius 1 is 1.31 bits per heavy atom. The zero-order valence-electron chi connectivity index (χ0n) is 17.8. The molecule has 2 unspecified atom stereocenters. The monoisotopic (exact) mass is 472 g/mol. The van der Waals surface area contributed by atoms with Crippen molar-refractivity contribution in [2.24, 2.45) is 10.9 Å². The molecule has 166 valence electrons. The minimum absolute atomic E-state index is 0.0157. The van der Waals surface area contributed by atoms with Crippen molar-refractivity contribution < 1.29 is 8.78 Å². The van der Waals surface area contributed by atoms with Crippen LogP contribution in [0.3, 0.4) is 0 Å². The van der Waals surface area contributed by atoms with Crippen molar-refractivity contribution in [3.05, 3.63) is 81.9 Å². The number of benzene rings is 1. The Bertz CT molecular complexity index is 1180. The molecule has 2 aromatic rings. The molecule has 0 amide bonds. The number of rotatable bonds is 4. The Kier molecular flexibility index (Phi) is 5.50. The minimum atomic E-state index is -1.24. The highest BCUT2D eigenvalue weighted by molar-refractivity contribution is 8.03. The first-order valence-corrected chi connectivity index (χ1v) is 11.9. The molecule has 0 N–H and O–H groups in total. The van der Waals surface area contributed by atoms with Crippen molar-refractivity contribution in [1.82, 2.24) is 14.7 Å². The molecular weight excluding hydrogens is 450 g/mol. The third-order valence-corrected chi connectivity index (χ3v) is 7.46. The molecule has 5 rings (SSSR count). The van der Waals surface area contributed by atoms with Gasteiger partial charge in [-0.1, -0.05) is 37.2 Å². The number of alkyl halides is 1. The van der Waals surface area contributed by atoms with Crippen LogP contribution < -0.4 is 0 Å². The molecule has 0 radical (unpaired) electrons. The number of hydrogen-bond acceptors (Lipinski definition) is 4. The second kappa shape index (κ2) is 8.19. The number of thioether (sulfide) groups is 1. The summed E-state index contributed by atoms with van der Waals surface area (Å²) in [6.07, 6.45) is 3.25. The summed E-state index contributed by atoms with van der Waals surface area (Å²) >= 11 is 8.19. The number of amidine groups is 1. The maximum absolute atomic E-state index is 13.9. The Morgan fingerprint density at radius 3 is 2.78 bits per heavy atom. The lowest BCUT2D eigenvalue weighted by Crippen LogP contribution is -2.38. The van der Waals surface area contributed by atoms with Crippen LogP contribution in [0.25, 0.3) is 5.57 Å². The van der Waals surface area contributed by atoms with Crippen molar-refractivity contribution in [3.8, 4) is 0 Å². The Morgan fingerprint density at radius 2 is 2.12 bits per heavy atom. The summed E-state index contributed by atoms with van der Waals surface area (Å²) in [6, 6.07) is 5.74. The summed E-state index contributed by atoms with van der Waals surface area (Å²) in [5.41, 5.74) is 4.37. The van der Waals surface area contributed by atoms with E-state index in [1.165, 1.54) is 23.7 Å². The van der Waals surface area contributed by atoms with E-state index in [9.17, 15) is 8.78 Å². The molecule has 1 fully saturated rings. The van der Waals surface area contributed by atoms with Crippen LogP contribution in [0.2, 0.25) is 5.02 Å². The quantitative estimate of drug-likeness (QED) is 0.505. The summed E-state index contributed by atoms with van der Waals surface area (Å²) in [4.78, 5) is 7.44. The van der Waals surface area contributed by atoms with E-state index in [0.29, 0.717) is 22.2 Å². The van der Waals surface area contributed by atoms with Gasteiger partial charge in [0.25, 0.3) is 0 Å². The second-order valence-corrected chi connectivity index (χ2v) is 9.91. The average molecular weight is 473 g/mol. The fraction of sp³-hybridized carbons (Fsp3) is 0.333. The average Bonchev–Trinajstić information content (AvgIpc) is 3.46. The third kappa shape index (κ3) is 3.61. The van der Waals surface area contributed by atoms with Crippen LogP contribution >= 0.6 is 23.4 Å². The molecule has 0 aliphatic carbocycles. The van der Waals surface area contributed by atoms with Crippen LogP contribution in [-0.4, -0.2) is 32.3 Å². The molecule has 1 aromatic carbocycles. The van der Waals surface area contributed by atoms with E-state index in [4.69, 9.17) is 16.6 Å². The molecular formula is C24H23ClF2N4S. The third-order valence-electron chi connectivity index (χ3n) is 6.06. The maximum atomic E-state index is 13.9. The molecule has 0 bridgehead atoms. The van der Waals surface area contributed by atoms with E-state index < -0.39 is 18.2 Å². The van der Waals surface area contributed by atoms with Crippen molar-refractivity contribution in [3.63, 3.8) is 0 Å². The standard InChI is InChI=1S/C24H23ClF2N4S/c1-13-10-20-21(19-6-8-31(29-19)15(3)26)22(17-5-4-16(27)11-18(17)25)28-24(30(20)12-13)23-14(2)7-9-32-23/h4-9,11,13,15,22-23H,2,10,12H2,1,3H3/t13-,15?,22-,23?/m0/s1. The van der Waals surface area contributed by atoms with Gasteiger partial charge in [0.1, 0.15) is 17.7 Å². The van der Waals surface area contributed by atoms with E-state index >= 15 is 0 Å². The lowest BCUT2D eigenvalue weighted by atomic mass is 9.91. The summed E-state index contributed by atoms with van der Waals surface area (Å²) in [5.74, 6) is 0.947. The Hall–Kier alpha value is -2.38. The number of fused-ring (bicyclic) bond motifs is 1. The van der Waals surface area contributed by atoms with Crippen molar-refractivity contribution in [2.45, 2.75) is 37.9 Å². The van der Waals surface area contributed by atoms with E-state index in [-0.39, 0.29) is 5.25 Å². The van der Waals surface area contributed by atoms with Gasteiger partial charge in [0.2, 0.25) is 0 Å². The van der Waals surface area contributed by atoms with Gasteiger partial charge >= 0.3 is 0 Å². The molecule has 3 aliphatic rings. The van der Waals surface area contributed by atoms with Gasteiger partial charge in [0.15, 0.2) is 6.30 Å².